The van der Waals surface area contributed by atoms with Gasteiger partial charge in [0.05, 0.1) is 32.9 Å². The molecule has 0 spiro atoms. The maximum absolute atomic E-state index is 12.9. The first-order valence-electron chi connectivity index (χ1n) is 8.11. The van der Waals surface area contributed by atoms with Crippen molar-refractivity contribution in [3.8, 4) is 0 Å². The number of aliphatic imine (C=N–C) groups is 1. The summed E-state index contributed by atoms with van der Waals surface area (Å²) >= 11 is 5.85. The van der Waals surface area contributed by atoms with Gasteiger partial charge in [-0.15, -0.1) is 0 Å². The summed E-state index contributed by atoms with van der Waals surface area (Å²) in [5.41, 5.74) is 0.841. The standard InChI is InChI=1S/C17H21ClN4O3/c1-4-13(19-9-10-21(2)3)14-15(23)20-17(25)22(16(14)24)12-7-5-11(18)6-8-12/h5-8,14H,4,9-10H2,1-3H3,(H,20,23,25)/p+1. The summed E-state index contributed by atoms with van der Waals surface area (Å²) in [6, 6.07) is 5.52. The lowest BCUT2D eigenvalue weighted by atomic mass is 9.96. The third-order valence-electron chi connectivity index (χ3n) is 3.87. The molecule has 134 valence electrons. The zero-order valence-electron chi connectivity index (χ0n) is 14.5. The maximum Gasteiger partial charge on any atom is 0.335 e. The predicted octanol–water partition coefficient (Wildman–Crippen LogP) is 0.534. The number of urea groups is 1. The van der Waals surface area contributed by atoms with Crippen LogP contribution in [0.5, 0.6) is 0 Å². The van der Waals surface area contributed by atoms with Crippen LogP contribution >= 0.6 is 11.6 Å². The number of quaternary nitrogens is 1. The molecular formula is C17H22ClN4O3+. The quantitative estimate of drug-likeness (QED) is 0.570. The fourth-order valence-electron chi connectivity index (χ4n) is 2.53. The molecule has 1 aromatic rings. The van der Waals surface area contributed by atoms with Crippen molar-refractivity contribution in [3.63, 3.8) is 0 Å². The van der Waals surface area contributed by atoms with Gasteiger partial charge in [0, 0.05) is 10.7 Å². The number of hydrogen-bond acceptors (Lipinski definition) is 4. The number of nitrogens with one attached hydrogen (secondary N) is 2. The normalized spacial score (nSPS) is 18.8. The summed E-state index contributed by atoms with van der Waals surface area (Å²) in [7, 11) is 4.00. The van der Waals surface area contributed by atoms with Crippen molar-refractivity contribution in [2.75, 3.05) is 32.1 Å². The number of barbiturate groups is 1. The van der Waals surface area contributed by atoms with E-state index in [-0.39, 0.29) is 0 Å². The lowest BCUT2D eigenvalue weighted by Crippen LogP contribution is -3.06. The molecule has 0 radical (unpaired) electrons. The van der Waals surface area contributed by atoms with Gasteiger partial charge in [-0.1, -0.05) is 18.5 Å². The highest BCUT2D eigenvalue weighted by Crippen LogP contribution is 2.23. The summed E-state index contributed by atoms with van der Waals surface area (Å²) < 4.78 is 0. The van der Waals surface area contributed by atoms with E-state index in [0.29, 0.717) is 29.4 Å². The number of imide groups is 2. The number of benzene rings is 1. The fourth-order valence-corrected chi connectivity index (χ4v) is 2.66. The Morgan fingerprint density at radius 2 is 1.88 bits per heavy atom. The third kappa shape index (κ3) is 4.43. The second kappa shape index (κ2) is 8.22. The second-order valence-corrected chi connectivity index (χ2v) is 6.50. The lowest BCUT2D eigenvalue weighted by Gasteiger charge is -2.30. The van der Waals surface area contributed by atoms with Crippen LogP contribution in [0.15, 0.2) is 29.3 Å². The van der Waals surface area contributed by atoms with Crippen molar-refractivity contribution in [1.82, 2.24) is 5.32 Å². The van der Waals surface area contributed by atoms with Gasteiger partial charge >= 0.3 is 6.03 Å². The van der Waals surface area contributed by atoms with E-state index in [1.807, 2.05) is 21.0 Å². The van der Waals surface area contributed by atoms with E-state index in [9.17, 15) is 14.4 Å². The fraction of sp³-hybridized carbons (Fsp3) is 0.412. The van der Waals surface area contributed by atoms with E-state index in [1.54, 1.807) is 24.3 Å². The molecule has 8 heteroatoms. The highest BCUT2D eigenvalue weighted by Gasteiger charge is 2.43. The first-order valence-corrected chi connectivity index (χ1v) is 8.49. The van der Waals surface area contributed by atoms with Crippen molar-refractivity contribution in [1.29, 1.82) is 0 Å². The zero-order valence-corrected chi connectivity index (χ0v) is 15.3. The Labute approximate surface area is 151 Å². The molecule has 0 saturated carbocycles. The van der Waals surface area contributed by atoms with Crippen molar-refractivity contribution in [3.05, 3.63) is 29.3 Å². The van der Waals surface area contributed by atoms with Gasteiger partial charge in [0.2, 0.25) is 5.91 Å². The van der Waals surface area contributed by atoms with Crippen molar-refractivity contribution in [2.45, 2.75) is 13.3 Å². The van der Waals surface area contributed by atoms with Gasteiger partial charge in [0.25, 0.3) is 5.91 Å². The molecule has 0 aromatic heterocycles. The molecule has 7 nitrogen and oxygen atoms in total. The van der Waals surface area contributed by atoms with Crippen LogP contribution in [0.2, 0.25) is 5.02 Å². The Morgan fingerprint density at radius 3 is 2.44 bits per heavy atom. The van der Waals surface area contributed by atoms with Crippen LogP contribution in [0.1, 0.15) is 13.3 Å². The van der Waals surface area contributed by atoms with Gasteiger partial charge in [-0.3, -0.25) is 19.9 Å². The molecule has 2 rings (SSSR count). The molecule has 4 amide bonds. The predicted molar refractivity (Wildman–Crippen MR) is 96.2 cm³/mol. The summed E-state index contributed by atoms with van der Waals surface area (Å²) in [5.74, 6) is -2.30. The highest BCUT2D eigenvalue weighted by molar-refractivity contribution is 6.35. The molecular weight excluding hydrogens is 344 g/mol. The van der Waals surface area contributed by atoms with Crippen LogP contribution in [0.3, 0.4) is 0 Å². The van der Waals surface area contributed by atoms with Crippen molar-refractivity contribution in [2.24, 2.45) is 10.9 Å². The van der Waals surface area contributed by atoms with Crippen LogP contribution in [0.4, 0.5) is 10.5 Å². The molecule has 1 heterocycles. The minimum absolute atomic E-state index is 0.359. The number of halogens is 1. The first kappa shape index (κ1) is 19.1. The Bertz CT molecular complexity index is 700. The number of anilines is 1. The number of hydrogen-bond donors (Lipinski definition) is 2. The minimum Gasteiger partial charge on any atom is -0.338 e. The molecule has 2 N–H and O–H groups in total. The smallest absolute Gasteiger partial charge is 0.335 e. The van der Waals surface area contributed by atoms with E-state index < -0.39 is 23.8 Å². The summed E-state index contributed by atoms with van der Waals surface area (Å²) in [6.07, 6.45) is 0.454. The van der Waals surface area contributed by atoms with Gasteiger partial charge in [-0.05, 0) is 30.7 Å². The van der Waals surface area contributed by atoms with E-state index in [2.05, 4.69) is 10.3 Å². The van der Waals surface area contributed by atoms with Crippen LogP contribution in [-0.4, -0.2) is 50.7 Å². The average Bonchev–Trinajstić information content (AvgIpc) is 2.54. The largest absolute Gasteiger partial charge is 0.338 e. The first-order chi connectivity index (χ1) is 11.8. The summed E-state index contributed by atoms with van der Waals surface area (Å²) in [4.78, 5) is 43.9. The van der Waals surface area contributed by atoms with Gasteiger partial charge in [0.1, 0.15) is 0 Å². The average molecular weight is 366 g/mol. The van der Waals surface area contributed by atoms with Gasteiger partial charge in [-0.2, -0.15) is 0 Å². The van der Waals surface area contributed by atoms with Crippen LogP contribution < -0.4 is 15.1 Å². The van der Waals surface area contributed by atoms with E-state index in [1.165, 1.54) is 4.90 Å². The summed E-state index contributed by atoms with van der Waals surface area (Å²) in [5, 5.41) is 2.73. The molecule has 1 aliphatic heterocycles. The number of carbonyl (C=O) groups is 3. The Hall–Kier alpha value is -2.25. The van der Waals surface area contributed by atoms with E-state index >= 15 is 0 Å². The molecule has 1 atom stereocenters. The van der Waals surface area contributed by atoms with Crippen molar-refractivity contribution < 1.29 is 19.3 Å². The zero-order chi connectivity index (χ0) is 18.6. The summed E-state index contributed by atoms with van der Waals surface area (Å²) in [6.45, 7) is 3.13. The molecule has 1 fully saturated rings. The SMILES string of the molecule is CCC(=NCC[NH+](C)C)C1C(=O)NC(=O)N(c2ccc(Cl)cc2)C1=O. The molecule has 1 unspecified atom stereocenters. The van der Waals surface area contributed by atoms with Crippen LogP contribution in [0, 0.1) is 5.92 Å². The molecule has 1 aromatic carbocycles. The lowest BCUT2D eigenvalue weighted by molar-refractivity contribution is -0.856. The van der Waals surface area contributed by atoms with E-state index in [0.717, 1.165) is 11.4 Å². The minimum atomic E-state index is -1.09. The number of rotatable bonds is 6. The van der Waals surface area contributed by atoms with Gasteiger partial charge < -0.3 is 4.90 Å². The number of amides is 4. The topological polar surface area (TPSA) is 83.3 Å². The van der Waals surface area contributed by atoms with Gasteiger partial charge in [-0.25, -0.2) is 9.69 Å². The van der Waals surface area contributed by atoms with E-state index in [4.69, 9.17) is 11.6 Å². The van der Waals surface area contributed by atoms with Crippen molar-refractivity contribution >= 4 is 40.8 Å². The third-order valence-corrected chi connectivity index (χ3v) is 4.12. The second-order valence-electron chi connectivity index (χ2n) is 6.06. The Morgan fingerprint density at radius 1 is 1.24 bits per heavy atom. The number of likely N-dealkylation sites (N-methyl/N-ethyl adjacent to an activating group) is 1. The molecule has 0 bridgehead atoms. The number of carbonyl (C=O) groups excluding carboxylic acids is 3. The Kier molecular flexibility index (Phi) is 6.27. The molecule has 1 aliphatic rings. The molecule has 25 heavy (non-hydrogen) atoms. The Balaban J connectivity index is 2.31. The molecule has 1 saturated heterocycles. The maximum atomic E-state index is 12.9. The molecule has 0 aliphatic carbocycles. The van der Waals surface area contributed by atoms with Crippen LogP contribution in [0.25, 0.3) is 0 Å². The number of nitrogens with zero attached hydrogens (tertiary/aromatic N) is 2. The van der Waals surface area contributed by atoms with Gasteiger partial charge in [0.15, 0.2) is 5.92 Å². The monoisotopic (exact) mass is 365 g/mol. The van der Waals surface area contributed by atoms with Crippen LogP contribution in [-0.2, 0) is 9.59 Å². The highest BCUT2D eigenvalue weighted by atomic mass is 35.5.